The van der Waals surface area contributed by atoms with Gasteiger partial charge in [0.1, 0.15) is 17.6 Å². The summed E-state index contributed by atoms with van der Waals surface area (Å²) in [7, 11) is 0. The average Bonchev–Trinajstić information content (AvgIpc) is 2.47. The maximum Gasteiger partial charge on any atom is 0.174 e. The van der Waals surface area contributed by atoms with Gasteiger partial charge in [-0.1, -0.05) is 17.7 Å². The van der Waals surface area contributed by atoms with Crippen molar-refractivity contribution in [3.63, 3.8) is 0 Å². The van der Waals surface area contributed by atoms with E-state index in [1.807, 2.05) is 37.3 Å². The standard InChI is InChI=1S/C16H16N2O2/c1-12-2-7-16(19)13(10-12)11-18-14-3-5-15(6-4-14)20-9-8-17/h2-7,10,18-19H,9,11H2,1H3. The monoisotopic (exact) mass is 268 g/mol. The Morgan fingerprint density at radius 1 is 1.20 bits per heavy atom. The lowest BCUT2D eigenvalue weighted by molar-refractivity contribution is 0.368. The molecule has 0 saturated carbocycles. The summed E-state index contributed by atoms with van der Waals surface area (Å²) < 4.78 is 5.18. The molecule has 0 amide bonds. The molecule has 0 aliphatic rings. The highest BCUT2D eigenvalue weighted by Gasteiger charge is 2.01. The van der Waals surface area contributed by atoms with Crippen LogP contribution < -0.4 is 10.1 Å². The topological polar surface area (TPSA) is 65.3 Å². The zero-order chi connectivity index (χ0) is 14.4. The molecule has 0 aromatic heterocycles. The maximum absolute atomic E-state index is 9.76. The van der Waals surface area contributed by atoms with E-state index in [-0.39, 0.29) is 12.4 Å². The van der Waals surface area contributed by atoms with Crippen molar-refractivity contribution in [2.24, 2.45) is 0 Å². The number of nitriles is 1. The fourth-order valence-corrected chi connectivity index (χ4v) is 1.84. The van der Waals surface area contributed by atoms with Crippen LogP contribution in [-0.2, 0) is 6.54 Å². The number of nitrogens with zero attached hydrogens (tertiary/aromatic N) is 1. The van der Waals surface area contributed by atoms with Gasteiger partial charge in [0.15, 0.2) is 6.61 Å². The molecule has 0 unspecified atom stereocenters. The molecule has 20 heavy (non-hydrogen) atoms. The van der Waals surface area contributed by atoms with E-state index < -0.39 is 0 Å². The number of aryl methyl sites for hydroxylation is 1. The van der Waals surface area contributed by atoms with Gasteiger partial charge in [-0.2, -0.15) is 5.26 Å². The van der Waals surface area contributed by atoms with Gasteiger partial charge in [0.05, 0.1) is 0 Å². The van der Waals surface area contributed by atoms with Gasteiger partial charge in [0.2, 0.25) is 0 Å². The van der Waals surface area contributed by atoms with Crippen LogP contribution >= 0.6 is 0 Å². The molecule has 2 aromatic rings. The van der Waals surface area contributed by atoms with Crippen LogP contribution in [0.25, 0.3) is 0 Å². The molecule has 0 spiro atoms. The number of hydrogen-bond donors (Lipinski definition) is 2. The van der Waals surface area contributed by atoms with Gasteiger partial charge in [-0.05, 0) is 37.3 Å². The highest BCUT2D eigenvalue weighted by molar-refractivity contribution is 5.48. The molecule has 0 fully saturated rings. The van der Waals surface area contributed by atoms with E-state index in [0.29, 0.717) is 12.3 Å². The molecule has 0 aliphatic heterocycles. The van der Waals surface area contributed by atoms with E-state index in [9.17, 15) is 5.11 Å². The minimum Gasteiger partial charge on any atom is -0.508 e. The number of rotatable bonds is 5. The molecule has 0 saturated heterocycles. The second-order valence-electron chi connectivity index (χ2n) is 4.46. The molecular formula is C16H16N2O2. The van der Waals surface area contributed by atoms with Crippen LogP contribution in [-0.4, -0.2) is 11.7 Å². The highest BCUT2D eigenvalue weighted by atomic mass is 16.5. The minimum atomic E-state index is 0.0456. The van der Waals surface area contributed by atoms with Crippen LogP contribution in [0, 0.1) is 18.3 Å². The molecule has 0 aliphatic carbocycles. The molecule has 0 atom stereocenters. The summed E-state index contributed by atoms with van der Waals surface area (Å²) in [5, 5.41) is 21.4. The first kappa shape index (κ1) is 13.8. The van der Waals surface area contributed by atoms with Crippen LogP contribution in [0.1, 0.15) is 11.1 Å². The molecule has 2 aromatic carbocycles. The lowest BCUT2D eigenvalue weighted by Gasteiger charge is -2.09. The number of nitrogens with one attached hydrogen (secondary N) is 1. The third-order valence-electron chi connectivity index (χ3n) is 2.88. The molecule has 4 heteroatoms. The molecule has 0 bridgehead atoms. The van der Waals surface area contributed by atoms with Crippen molar-refractivity contribution in [3.8, 4) is 17.6 Å². The summed E-state index contributed by atoms with van der Waals surface area (Å²) >= 11 is 0. The summed E-state index contributed by atoms with van der Waals surface area (Å²) in [6.07, 6.45) is 0. The summed E-state index contributed by atoms with van der Waals surface area (Å²) in [6.45, 7) is 2.58. The summed E-state index contributed by atoms with van der Waals surface area (Å²) in [5.74, 6) is 0.951. The van der Waals surface area contributed by atoms with E-state index >= 15 is 0 Å². The Hall–Kier alpha value is -2.67. The van der Waals surface area contributed by atoms with Gasteiger partial charge in [-0.3, -0.25) is 0 Å². The fraction of sp³-hybridized carbons (Fsp3) is 0.188. The summed E-state index contributed by atoms with van der Waals surface area (Å²) in [4.78, 5) is 0. The number of anilines is 1. The van der Waals surface area contributed by atoms with Gasteiger partial charge in [-0.25, -0.2) is 0 Å². The molecule has 2 rings (SSSR count). The molecular weight excluding hydrogens is 252 g/mol. The number of hydrogen-bond acceptors (Lipinski definition) is 4. The van der Waals surface area contributed by atoms with E-state index in [1.54, 1.807) is 18.2 Å². The van der Waals surface area contributed by atoms with Gasteiger partial charge in [0.25, 0.3) is 0 Å². The largest absolute Gasteiger partial charge is 0.508 e. The van der Waals surface area contributed by atoms with Gasteiger partial charge in [-0.15, -0.1) is 0 Å². The molecule has 4 nitrogen and oxygen atoms in total. The van der Waals surface area contributed by atoms with E-state index in [1.165, 1.54) is 0 Å². The third kappa shape index (κ3) is 3.66. The van der Waals surface area contributed by atoms with Crippen molar-refractivity contribution < 1.29 is 9.84 Å². The Kier molecular flexibility index (Phi) is 4.46. The lowest BCUT2D eigenvalue weighted by atomic mass is 10.1. The fourth-order valence-electron chi connectivity index (χ4n) is 1.84. The Morgan fingerprint density at radius 2 is 1.95 bits per heavy atom. The molecule has 0 radical (unpaired) electrons. The normalized spacial score (nSPS) is 9.80. The van der Waals surface area contributed by atoms with Crippen molar-refractivity contribution in [2.45, 2.75) is 13.5 Å². The number of aromatic hydroxyl groups is 1. The van der Waals surface area contributed by atoms with Crippen molar-refractivity contribution in [2.75, 3.05) is 11.9 Å². The van der Waals surface area contributed by atoms with Gasteiger partial charge in [0, 0.05) is 17.8 Å². The predicted molar refractivity (Wildman–Crippen MR) is 77.7 cm³/mol. The Balaban J connectivity index is 1.97. The second-order valence-corrected chi connectivity index (χ2v) is 4.46. The van der Waals surface area contributed by atoms with E-state index in [2.05, 4.69) is 5.32 Å². The smallest absolute Gasteiger partial charge is 0.174 e. The molecule has 102 valence electrons. The predicted octanol–water partition coefficient (Wildman–Crippen LogP) is 3.22. The lowest BCUT2D eigenvalue weighted by Crippen LogP contribution is -2.00. The number of ether oxygens (including phenoxy) is 1. The van der Waals surface area contributed by atoms with Crippen LogP contribution in [0.2, 0.25) is 0 Å². The Morgan fingerprint density at radius 3 is 2.65 bits per heavy atom. The average molecular weight is 268 g/mol. The Bertz CT molecular complexity index is 615. The number of benzene rings is 2. The zero-order valence-corrected chi connectivity index (χ0v) is 11.3. The highest BCUT2D eigenvalue weighted by Crippen LogP contribution is 2.21. The van der Waals surface area contributed by atoms with Crippen LogP contribution in [0.15, 0.2) is 42.5 Å². The van der Waals surface area contributed by atoms with Gasteiger partial charge < -0.3 is 15.2 Å². The van der Waals surface area contributed by atoms with Crippen LogP contribution in [0.3, 0.4) is 0 Å². The van der Waals surface area contributed by atoms with Crippen molar-refractivity contribution in [1.29, 1.82) is 5.26 Å². The van der Waals surface area contributed by atoms with Crippen LogP contribution in [0.5, 0.6) is 11.5 Å². The van der Waals surface area contributed by atoms with E-state index in [0.717, 1.165) is 16.8 Å². The van der Waals surface area contributed by atoms with Crippen molar-refractivity contribution >= 4 is 5.69 Å². The van der Waals surface area contributed by atoms with Crippen LogP contribution in [0.4, 0.5) is 5.69 Å². The van der Waals surface area contributed by atoms with E-state index in [4.69, 9.17) is 10.00 Å². The first-order valence-corrected chi connectivity index (χ1v) is 6.31. The first-order valence-electron chi connectivity index (χ1n) is 6.31. The summed E-state index contributed by atoms with van der Waals surface area (Å²) in [5.41, 5.74) is 2.89. The quantitative estimate of drug-likeness (QED) is 0.873. The van der Waals surface area contributed by atoms with Crippen molar-refractivity contribution in [3.05, 3.63) is 53.6 Å². The second kappa shape index (κ2) is 6.48. The van der Waals surface area contributed by atoms with Gasteiger partial charge >= 0.3 is 0 Å². The number of phenols is 1. The zero-order valence-electron chi connectivity index (χ0n) is 11.3. The SMILES string of the molecule is Cc1ccc(O)c(CNc2ccc(OCC#N)cc2)c1. The maximum atomic E-state index is 9.76. The molecule has 2 N–H and O–H groups in total. The van der Waals surface area contributed by atoms with Crippen molar-refractivity contribution in [1.82, 2.24) is 0 Å². The minimum absolute atomic E-state index is 0.0456. The first-order chi connectivity index (χ1) is 9.69. The Labute approximate surface area is 118 Å². The number of phenolic OH excluding ortho intramolecular Hbond substituents is 1. The third-order valence-corrected chi connectivity index (χ3v) is 2.88. The summed E-state index contributed by atoms with van der Waals surface area (Å²) in [6, 6.07) is 14.8. The molecule has 0 heterocycles.